The molecule has 1 aromatic heterocycles. The third kappa shape index (κ3) is 3.60. The Morgan fingerprint density at radius 2 is 2.06 bits per heavy atom. The SMILES string of the molecule is CCCc1[nH]c(C(C)(C)OCC)nc(=S)c1Br. The van der Waals surface area contributed by atoms with Crippen LogP contribution in [-0.4, -0.2) is 16.6 Å². The van der Waals surface area contributed by atoms with Gasteiger partial charge in [0, 0.05) is 12.3 Å². The minimum absolute atomic E-state index is 0.439. The van der Waals surface area contributed by atoms with Gasteiger partial charge < -0.3 is 9.72 Å². The van der Waals surface area contributed by atoms with Gasteiger partial charge in [-0.1, -0.05) is 25.6 Å². The summed E-state index contributed by atoms with van der Waals surface area (Å²) in [4.78, 5) is 7.72. The Morgan fingerprint density at radius 1 is 1.41 bits per heavy atom. The lowest BCUT2D eigenvalue weighted by Crippen LogP contribution is -2.25. The van der Waals surface area contributed by atoms with Gasteiger partial charge in [-0.05, 0) is 43.1 Å². The largest absolute Gasteiger partial charge is 0.368 e. The summed E-state index contributed by atoms with van der Waals surface area (Å²) < 4.78 is 7.17. The zero-order valence-electron chi connectivity index (χ0n) is 10.8. The Balaban J connectivity index is 3.22. The van der Waals surface area contributed by atoms with Crippen molar-refractivity contribution in [2.24, 2.45) is 0 Å². The highest BCUT2D eigenvalue weighted by Gasteiger charge is 2.24. The van der Waals surface area contributed by atoms with Crippen LogP contribution in [0.15, 0.2) is 4.47 Å². The van der Waals surface area contributed by atoms with Crippen molar-refractivity contribution in [3.8, 4) is 0 Å². The lowest BCUT2D eigenvalue weighted by Gasteiger charge is -2.24. The van der Waals surface area contributed by atoms with Crippen molar-refractivity contribution in [1.82, 2.24) is 9.97 Å². The monoisotopic (exact) mass is 318 g/mol. The predicted octanol–water partition coefficient (Wildman–Crippen LogP) is 4.13. The number of ether oxygens (including phenoxy) is 1. The Kier molecular flexibility index (Phi) is 5.28. The summed E-state index contributed by atoms with van der Waals surface area (Å²) in [5, 5.41) is 0. The van der Waals surface area contributed by atoms with Gasteiger partial charge in [0.25, 0.3) is 0 Å². The molecule has 0 aromatic carbocycles. The average molecular weight is 319 g/mol. The summed E-state index contributed by atoms with van der Waals surface area (Å²) in [6.45, 7) is 8.75. The van der Waals surface area contributed by atoms with Crippen molar-refractivity contribution in [2.45, 2.75) is 46.1 Å². The van der Waals surface area contributed by atoms with E-state index < -0.39 is 5.60 Å². The number of hydrogen-bond acceptors (Lipinski definition) is 3. The second kappa shape index (κ2) is 6.07. The second-order valence-corrected chi connectivity index (χ2v) is 5.56. The first-order chi connectivity index (χ1) is 7.92. The summed E-state index contributed by atoms with van der Waals surface area (Å²) >= 11 is 8.74. The van der Waals surface area contributed by atoms with Gasteiger partial charge in [0.05, 0.1) is 4.47 Å². The molecule has 0 saturated heterocycles. The molecular weight excluding hydrogens is 300 g/mol. The number of hydrogen-bond donors (Lipinski definition) is 1. The highest BCUT2D eigenvalue weighted by atomic mass is 79.9. The Hall–Kier alpha value is -0.260. The number of rotatable bonds is 5. The molecule has 1 rings (SSSR count). The molecule has 0 atom stereocenters. The van der Waals surface area contributed by atoms with E-state index in [1.807, 2.05) is 20.8 Å². The van der Waals surface area contributed by atoms with Gasteiger partial charge in [-0.15, -0.1) is 0 Å². The zero-order valence-corrected chi connectivity index (χ0v) is 13.2. The molecule has 1 aromatic rings. The van der Waals surface area contributed by atoms with Crippen LogP contribution in [0.5, 0.6) is 0 Å². The molecule has 1 heterocycles. The van der Waals surface area contributed by atoms with Crippen LogP contribution in [0.3, 0.4) is 0 Å². The van der Waals surface area contributed by atoms with E-state index in [0.717, 1.165) is 28.8 Å². The van der Waals surface area contributed by atoms with Crippen molar-refractivity contribution in [3.05, 3.63) is 20.6 Å². The van der Waals surface area contributed by atoms with Crippen LogP contribution >= 0.6 is 28.1 Å². The summed E-state index contributed by atoms with van der Waals surface area (Å²) in [5.41, 5.74) is 0.654. The first-order valence-electron chi connectivity index (χ1n) is 5.85. The molecule has 0 aliphatic heterocycles. The maximum atomic E-state index is 5.69. The van der Waals surface area contributed by atoms with Crippen molar-refractivity contribution in [1.29, 1.82) is 0 Å². The summed E-state index contributed by atoms with van der Waals surface area (Å²) in [6, 6.07) is 0. The predicted molar refractivity (Wildman–Crippen MR) is 75.8 cm³/mol. The molecule has 0 radical (unpaired) electrons. The minimum atomic E-state index is -0.439. The molecule has 0 amide bonds. The lowest BCUT2D eigenvalue weighted by atomic mass is 10.1. The molecule has 3 nitrogen and oxygen atoms in total. The van der Waals surface area contributed by atoms with Gasteiger partial charge in [0.15, 0.2) is 0 Å². The molecule has 96 valence electrons. The number of nitrogens with one attached hydrogen (secondary N) is 1. The second-order valence-electron chi connectivity index (χ2n) is 4.38. The molecule has 17 heavy (non-hydrogen) atoms. The van der Waals surface area contributed by atoms with Crippen LogP contribution in [0.2, 0.25) is 0 Å². The van der Waals surface area contributed by atoms with Crippen molar-refractivity contribution in [2.75, 3.05) is 6.61 Å². The zero-order chi connectivity index (χ0) is 13.1. The molecule has 0 bridgehead atoms. The number of H-pyrrole nitrogens is 1. The summed E-state index contributed by atoms with van der Waals surface area (Å²) in [7, 11) is 0. The van der Waals surface area contributed by atoms with E-state index in [2.05, 4.69) is 32.8 Å². The van der Waals surface area contributed by atoms with Crippen LogP contribution in [-0.2, 0) is 16.8 Å². The van der Waals surface area contributed by atoms with Gasteiger partial charge in [-0.2, -0.15) is 0 Å². The normalized spacial score (nSPS) is 11.8. The van der Waals surface area contributed by atoms with E-state index in [1.54, 1.807) is 0 Å². The molecular formula is C12H19BrN2OS. The van der Waals surface area contributed by atoms with Gasteiger partial charge in [0.1, 0.15) is 16.1 Å². The van der Waals surface area contributed by atoms with Crippen molar-refractivity contribution >= 4 is 28.1 Å². The summed E-state index contributed by atoms with van der Waals surface area (Å²) in [6.07, 6.45) is 2.00. The molecule has 0 fully saturated rings. The Morgan fingerprint density at radius 3 is 2.59 bits per heavy atom. The number of nitrogens with zero attached hydrogens (tertiary/aromatic N) is 1. The minimum Gasteiger partial charge on any atom is -0.368 e. The van der Waals surface area contributed by atoms with Crippen LogP contribution in [0.4, 0.5) is 0 Å². The van der Waals surface area contributed by atoms with E-state index >= 15 is 0 Å². The first-order valence-corrected chi connectivity index (χ1v) is 7.05. The number of aryl methyl sites for hydroxylation is 1. The first kappa shape index (κ1) is 14.8. The molecule has 0 unspecified atom stereocenters. The van der Waals surface area contributed by atoms with Crippen molar-refractivity contribution < 1.29 is 4.74 Å². The Labute approximate surface area is 116 Å². The number of halogens is 1. The van der Waals surface area contributed by atoms with Crippen molar-refractivity contribution in [3.63, 3.8) is 0 Å². The maximum absolute atomic E-state index is 5.69. The third-order valence-electron chi connectivity index (χ3n) is 2.51. The molecule has 5 heteroatoms. The average Bonchev–Trinajstić information content (AvgIpc) is 2.24. The van der Waals surface area contributed by atoms with Gasteiger partial charge >= 0.3 is 0 Å². The number of aromatic nitrogens is 2. The molecule has 0 spiro atoms. The van der Waals surface area contributed by atoms with Crippen LogP contribution < -0.4 is 0 Å². The highest BCUT2D eigenvalue weighted by Crippen LogP contribution is 2.25. The van der Waals surface area contributed by atoms with E-state index in [-0.39, 0.29) is 0 Å². The maximum Gasteiger partial charge on any atom is 0.144 e. The fourth-order valence-corrected chi connectivity index (χ4v) is 2.24. The summed E-state index contributed by atoms with van der Waals surface area (Å²) in [5.74, 6) is 0.788. The lowest BCUT2D eigenvalue weighted by molar-refractivity contribution is -0.0210. The van der Waals surface area contributed by atoms with Gasteiger partial charge in [-0.3, -0.25) is 0 Å². The fraction of sp³-hybridized carbons (Fsp3) is 0.667. The van der Waals surface area contributed by atoms with E-state index in [9.17, 15) is 0 Å². The van der Waals surface area contributed by atoms with Crippen LogP contribution in [0.1, 0.15) is 45.6 Å². The molecule has 0 aliphatic carbocycles. The highest BCUT2D eigenvalue weighted by molar-refractivity contribution is 9.10. The standard InChI is InChI=1S/C12H19BrN2OS/c1-5-7-8-9(13)10(17)15-11(14-8)12(3,4)16-6-2/h5-7H2,1-4H3,(H,14,15,17). The topological polar surface area (TPSA) is 37.9 Å². The van der Waals surface area contributed by atoms with Crippen LogP contribution in [0, 0.1) is 4.64 Å². The molecule has 0 aliphatic rings. The van der Waals surface area contributed by atoms with Gasteiger partial charge in [0.2, 0.25) is 0 Å². The Bertz CT molecular complexity index is 443. The molecule has 1 N–H and O–H groups in total. The van der Waals surface area contributed by atoms with Gasteiger partial charge in [-0.25, -0.2) is 4.98 Å². The quantitative estimate of drug-likeness (QED) is 0.830. The smallest absolute Gasteiger partial charge is 0.144 e. The fourth-order valence-electron chi connectivity index (χ4n) is 1.64. The molecule has 0 saturated carbocycles. The van der Waals surface area contributed by atoms with E-state index in [1.165, 1.54) is 0 Å². The van der Waals surface area contributed by atoms with Crippen LogP contribution in [0.25, 0.3) is 0 Å². The third-order valence-corrected chi connectivity index (χ3v) is 3.92. The van der Waals surface area contributed by atoms with E-state index in [4.69, 9.17) is 17.0 Å². The van der Waals surface area contributed by atoms with E-state index in [0.29, 0.717) is 11.2 Å². The number of aromatic amines is 1.